The number of carbonyl (C=O) groups is 2. The number of nitrogens with zero attached hydrogens (tertiary/aromatic N) is 2. The largest absolute Gasteiger partial charge is 0.477 e. The van der Waals surface area contributed by atoms with Gasteiger partial charge >= 0.3 is 12.0 Å². The summed E-state index contributed by atoms with van der Waals surface area (Å²) in [6.07, 6.45) is 0. The van der Waals surface area contributed by atoms with Crippen LogP contribution in [0, 0.1) is 6.92 Å². The van der Waals surface area contributed by atoms with E-state index in [1.165, 1.54) is 4.90 Å². The van der Waals surface area contributed by atoms with Crippen LogP contribution in [-0.2, 0) is 6.54 Å². The number of aliphatic hydroxyl groups excluding tert-OH is 1. The first-order valence-corrected chi connectivity index (χ1v) is 6.64. The topological polar surface area (TPSA) is 103 Å². The Morgan fingerprint density at radius 1 is 1.47 bits per heavy atom. The van der Waals surface area contributed by atoms with Gasteiger partial charge in [-0.05, 0) is 13.8 Å². The number of aromatic nitrogens is 1. The van der Waals surface area contributed by atoms with Gasteiger partial charge in [0.2, 0.25) is 0 Å². The van der Waals surface area contributed by atoms with Gasteiger partial charge in [-0.3, -0.25) is 0 Å². The van der Waals surface area contributed by atoms with Crippen LogP contribution >= 0.6 is 11.3 Å². The van der Waals surface area contributed by atoms with Crippen molar-refractivity contribution in [3.05, 3.63) is 15.6 Å². The standard InChI is InChI=1S/C11H17N3O4S/c1-3-14(4-5-15)11(18)12-6-8-13-7(2)9(19-8)10(16)17/h15H,3-6H2,1-2H3,(H,12,18)(H,16,17). The third kappa shape index (κ3) is 4.18. The highest BCUT2D eigenvalue weighted by atomic mass is 32.1. The van der Waals surface area contributed by atoms with E-state index in [9.17, 15) is 9.59 Å². The second-order valence-electron chi connectivity index (χ2n) is 3.79. The Morgan fingerprint density at radius 2 is 2.16 bits per heavy atom. The van der Waals surface area contributed by atoms with Gasteiger partial charge in [-0.2, -0.15) is 0 Å². The second-order valence-corrected chi connectivity index (χ2v) is 4.87. The van der Waals surface area contributed by atoms with E-state index in [2.05, 4.69) is 10.3 Å². The molecule has 0 aliphatic rings. The number of aryl methyl sites for hydroxylation is 1. The van der Waals surface area contributed by atoms with E-state index in [4.69, 9.17) is 10.2 Å². The molecule has 1 rings (SSSR count). The Balaban J connectivity index is 2.59. The molecule has 0 unspecified atom stereocenters. The Hall–Kier alpha value is -1.67. The molecule has 19 heavy (non-hydrogen) atoms. The van der Waals surface area contributed by atoms with E-state index in [1.54, 1.807) is 6.92 Å². The third-order valence-corrected chi connectivity index (χ3v) is 3.61. The Morgan fingerprint density at radius 3 is 2.63 bits per heavy atom. The smallest absolute Gasteiger partial charge is 0.347 e. The number of hydrogen-bond acceptors (Lipinski definition) is 5. The lowest BCUT2D eigenvalue weighted by Gasteiger charge is -2.19. The van der Waals surface area contributed by atoms with Gasteiger partial charge in [0.15, 0.2) is 0 Å². The zero-order valence-corrected chi connectivity index (χ0v) is 11.7. The summed E-state index contributed by atoms with van der Waals surface area (Å²) < 4.78 is 0. The molecule has 1 aromatic heterocycles. The molecular weight excluding hydrogens is 270 g/mol. The molecule has 1 aromatic rings. The Labute approximate surface area is 114 Å². The molecule has 0 aliphatic heterocycles. The van der Waals surface area contributed by atoms with Crippen LogP contribution in [0.5, 0.6) is 0 Å². The molecule has 0 spiro atoms. The molecule has 0 aromatic carbocycles. The van der Waals surface area contributed by atoms with Gasteiger partial charge in [-0.1, -0.05) is 0 Å². The molecule has 7 nitrogen and oxygen atoms in total. The summed E-state index contributed by atoms with van der Waals surface area (Å²) in [5.74, 6) is -1.01. The van der Waals surface area contributed by atoms with Crippen molar-refractivity contribution in [2.75, 3.05) is 19.7 Å². The van der Waals surface area contributed by atoms with E-state index in [0.29, 0.717) is 17.2 Å². The van der Waals surface area contributed by atoms with Gasteiger partial charge in [-0.15, -0.1) is 11.3 Å². The van der Waals surface area contributed by atoms with E-state index < -0.39 is 5.97 Å². The van der Waals surface area contributed by atoms with Gasteiger partial charge in [0, 0.05) is 13.1 Å². The minimum absolute atomic E-state index is 0.0964. The monoisotopic (exact) mass is 287 g/mol. The van der Waals surface area contributed by atoms with Gasteiger partial charge in [0.1, 0.15) is 9.88 Å². The number of hydrogen-bond donors (Lipinski definition) is 3. The highest BCUT2D eigenvalue weighted by Crippen LogP contribution is 2.17. The molecule has 0 aliphatic carbocycles. The minimum Gasteiger partial charge on any atom is -0.477 e. The van der Waals surface area contributed by atoms with Crippen LogP contribution in [0.25, 0.3) is 0 Å². The molecule has 0 radical (unpaired) electrons. The number of rotatable bonds is 6. The summed E-state index contributed by atoms with van der Waals surface area (Å²) in [7, 11) is 0. The number of carbonyl (C=O) groups excluding carboxylic acids is 1. The molecule has 0 atom stereocenters. The minimum atomic E-state index is -1.01. The Bertz CT molecular complexity index is 461. The summed E-state index contributed by atoms with van der Waals surface area (Å²) in [5.41, 5.74) is 0.449. The van der Waals surface area contributed by atoms with Crippen LogP contribution in [-0.4, -0.2) is 51.8 Å². The number of aromatic carboxylic acids is 1. The average molecular weight is 287 g/mol. The van der Waals surface area contributed by atoms with Crippen LogP contribution in [0.1, 0.15) is 27.3 Å². The SMILES string of the molecule is CCN(CCO)C(=O)NCc1nc(C)c(C(=O)O)s1. The van der Waals surface area contributed by atoms with Crippen molar-refractivity contribution < 1.29 is 19.8 Å². The van der Waals surface area contributed by atoms with Crippen molar-refractivity contribution in [2.45, 2.75) is 20.4 Å². The van der Waals surface area contributed by atoms with Crippen molar-refractivity contribution in [3.63, 3.8) is 0 Å². The quantitative estimate of drug-likeness (QED) is 0.713. The highest BCUT2D eigenvalue weighted by molar-refractivity contribution is 7.13. The lowest BCUT2D eigenvalue weighted by molar-refractivity contribution is 0.0701. The number of thiazole rings is 1. The summed E-state index contributed by atoms with van der Waals surface area (Å²) in [4.78, 5) is 28.3. The van der Waals surface area contributed by atoms with Crippen LogP contribution in [0.4, 0.5) is 4.79 Å². The number of likely N-dealkylation sites (N-methyl/N-ethyl adjacent to an activating group) is 1. The molecule has 0 bridgehead atoms. The van der Waals surface area contributed by atoms with Crippen molar-refractivity contribution in [1.82, 2.24) is 15.2 Å². The Kier molecular flexibility index (Phi) is 5.71. The maximum Gasteiger partial charge on any atom is 0.347 e. The molecule has 106 valence electrons. The molecule has 0 fully saturated rings. The van der Waals surface area contributed by atoms with Gasteiger partial charge < -0.3 is 20.4 Å². The number of nitrogens with one attached hydrogen (secondary N) is 1. The molecular formula is C11H17N3O4S. The number of aliphatic hydroxyl groups is 1. The lowest BCUT2D eigenvalue weighted by atomic mass is 10.4. The van der Waals surface area contributed by atoms with Gasteiger partial charge in [0.25, 0.3) is 0 Å². The van der Waals surface area contributed by atoms with Crippen molar-refractivity contribution >= 4 is 23.3 Å². The summed E-state index contributed by atoms with van der Waals surface area (Å²) in [5, 5.41) is 20.9. The van der Waals surface area contributed by atoms with E-state index >= 15 is 0 Å². The first-order chi connectivity index (χ1) is 8.99. The molecule has 8 heteroatoms. The van der Waals surface area contributed by atoms with Crippen LogP contribution < -0.4 is 5.32 Å². The van der Waals surface area contributed by atoms with E-state index in [0.717, 1.165) is 11.3 Å². The zero-order chi connectivity index (χ0) is 14.4. The summed E-state index contributed by atoms with van der Waals surface area (Å²) >= 11 is 1.05. The second kappa shape index (κ2) is 7.05. The number of urea groups is 1. The van der Waals surface area contributed by atoms with Crippen LogP contribution in [0.2, 0.25) is 0 Å². The fourth-order valence-corrected chi connectivity index (χ4v) is 2.36. The normalized spacial score (nSPS) is 10.3. The first-order valence-electron chi connectivity index (χ1n) is 5.82. The molecule has 3 N–H and O–H groups in total. The van der Waals surface area contributed by atoms with Crippen molar-refractivity contribution in [2.24, 2.45) is 0 Å². The predicted octanol–water partition coefficient (Wildman–Crippen LogP) is 0.674. The fraction of sp³-hybridized carbons (Fsp3) is 0.545. The average Bonchev–Trinajstić information content (AvgIpc) is 2.74. The van der Waals surface area contributed by atoms with Crippen molar-refractivity contribution in [1.29, 1.82) is 0 Å². The van der Waals surface area contributed by atoms with Crippen LogP contribution in [0.3, 0.4) is 0 Å². The third-order valence-electron chi connectivity index (χ3n) is 2.46. The lowest BCUT2D eigenvalue weighted by Crippen LogP contribution is -2.41. The zero-order valence-electron chi connectivity index (χ0n) is 10.8. The molecule has 0 saturated heterocycles. The number of amides is 2. The van der Waals surface area contributed by atoms with Crippen molar-refractivity contribution in [3.8, 4) is 0 Å². The molecule has 0 saturated carbocycles. The van der Waals surface area contributed by atoms with Crippen LogP contribution in [0.15, 0.2) is 0 Å². The van der Waals surface area contributed by atoms with E-state index in [1.807, 2.05) is 6.92 Å². The summed E-state index contributed by atoms with van der Waals surface area (Å²) in [6.45, 7) is 4.27. The molecule has 1 heterocycles. The fourth-order valence-electron chi connectivity index (χ4n) is 1.51. The number of carboxylic acid groups (broad SMARTS) is 1. The number of carboxylic acids is 1. The van der Waals surface area contributed by atoms with Gasteiger partial charge in [-0.25, -0.2) is 14.6 Å². The first kappa shape index (κ1) is 15.4. The predicted molar refractivity (Wildman–Crippen MR) is 70.4 cm³/mol. The highest BCUT2D eigenvalue weighted by Gasteiger charge is 2.15. The molecule has 2 amide bonds. The van der Waals surface area contributed by atoms with E-state index in [-0.39, 0.29) is 30.6 Å². The van der Waals surface area contributed by atoms with Gasteiger partial charge in [0.05, 0.1) is 18.8 Å². The summed E-state index contributed by atoms with van der Waals surface area (Å²) in [6, 6.07) is -0.304. The maximum absolute atomic E-state index is 11.7. The maximum atomic E-state index is 11.7.